The van der Waals surface area contributed by atoms with Crippen molar-refractivity contribution in [1.29, 1.82) is 0 Å². The summed E-state index contributed by atoms with van der Waals surface area (Å²) in [6, 6.07) is 7.47. The lowest BCUT2D eigenvalue weighted by molar-refractivity contribution is -0.657. The molecule has 186 valence electrons. The summed E-state index contributed by atoms with van der Waals surface area (Å²) in [4.78, 5) is 13.4. The summed E-state index contributed by atoms with van der Waals surface area (Å²) < 4.78 is 44.0. The molecule has 0 fully saturated rings. The number of halogens is 2. The van der Waals surface area contributed by atoms with Crippen molar-refractivity contribution in [3.05, 3.63) is 55.1 Å². The van der Waals surface area contributed by atoms with Gasteiger partial charge >= 0.3 is 5.97 Å². The lowest BCUT2D eigenvalue weighted by Crippen LogP contribution is -2.39. The van der Waals surface area contributed by atoms with E-state index in [1.165, 1.54) is 11.3 Å². The van der Waals surface area contributed by atoms with Crippen LogP contribution in [0.4, 0.5) is 5.69 Å². The predicted molar refractivity (Wildman–Crippen MR) is 143 cm³/mol. The minimum absolute atomic E-state index is 0.151. The molecule has 1 N–H and O–H groups in total. The Morgan fingerprint density at radius 2 is 2.06 bits per heavy atom. The summed E-state index contributed by atoms with van der Waals surface area (Å²) in [7, 11) is -4.32. The van der Waals surface area contributed by atoms with E-state index in [1.54, 1.807) is 15.9 Å². The molecule has 0 unspecified atom stereocenters. The van der Waals surface area contributed by atoms with Gasteiger partial charge in [-0.05, 0) is 52.5 Å². The second-order valence-electron chi connectivity index (χ2n) is 7.68. The predicted octanol–water partition coefficient (Wildman–Crippen LogP) is 5.33. The molecular weight excluding hydrogens is 644 g/mol. The largest absolute Gasteiger partial charge is 0.748 e. The summed E-state index contributed by atoms with van der Waals surface area (Å²) in [5, 5.41) is 10.2. The number of aromatic nitrogens is 1. The van der Waals surface area contributed by atoms with Crippen LogP contribution in [0.3, 0.4) is 0 Å². The Morgan fingerprint density at radius 1 is 1.29 bits per heavy atom. The summed E-state index contributed by atoms with van der Waals surface area (Å²) in [6.45, 7) is 2.12. The number of hydrogen-bond donors (Lipinski definition) is 1. The molecule has 0 spiro atoms. The zero-order chi connectivity index (χ0) is 25.3. The van der Waals surface area contributed by atoms with Crippen molar-refractivity contribution in [2.75, 3.05) is 17.2 Å². The van der Waals surface area contributed by atoms with Crippen LogP contribution in [0, 0.1) is 0 Å². The van der Waals surface area contributed by atoms with Gasteiger partial charge in [-0.2, -0.15) is 4.57 Å². The van der Waals surface area contributed by atoms with E-state index < -0.39 is 21.8 Å². The number of aliphatic carboxylic acids is 1. The maximum atomic E-state index is 11.5. The fraction of sp³-hybridized carbons (Fsp3) is 0.273. The fourth-order valence-corrected chi connectivity index (χ4v) is 7.76. The van der Waals surface area contributed by atoms with Crippen molar-refractivity contribution in [2.24, 2.45) is 0 Å². The monoisotopic (exact) mass is 662 g/mol. The molecule has 8 nitrogen and oxygen atoms in total. The lowest BCUT2D eigenvalue weighted by atomic mass is 10.2. The normalized spacial score (nSPS) is 15.1. The van der Waals surface area contributed by atoms with Gasteiger partial charge in [0.15, 0.2) is 9.76 Å². The number of fused-ring (bicyclic) bond motifs is 2. The Hall–Kier alpha value is -1.77. The molecule has 4 rings (SSSR count). The van der Waals surface area contributed by atoms with Crippen molar-refractivity contribution >= 4 is 91.9 Å². The third kappa shape index (κ3) is 6.33. The minimum Gasteiger partial charge on any atom is -0.748 e. The third-order valence-corrected chi connectivity index (χ3v) is 9.34. The van der Waals surface area contributed by atoms with Crippen molar-refractivity contribution < 1.29 is 32.2 Å². The molecule has 1 aromatic carbocycles. The van der Waals surface area contributed by atoms with Gasteiger partial charge in [0.25, 0.3) is 5.01 Å². The highest BCUT2D eigenvalue weighted by molar-refractivity contribution is 9.11. The molecule has 0 saturated heterocycles. The summed E-state index contributed by atoms with van der Waals surface area (Å²) in [5.74, 6) is -0.252. The molecule has 13 heteroatoms. The van der Waals surface area contributed by atoms with E-state index in [9.17, 15) is 22.9 Å². The Kier molecular flexibility index (Phi) is 8.03. The number of allylic oxidation sites excluding steroid dienone is 2. The van der Waals surface area contributed by atoms with E-state index in [0.29, 0.717) is 18.1 Å². The highest BCUT2D eigenvalue weighted by Gasteiger charge is 2.28. The Labute approximate surface area is 227 Å². The van der Waals surface area contributed by atoms with Crippen LogP contribution in [0.5, 0.6) is 5.75 Å². The first-order valence-corrected chi connectivity index (χ1v) is 15.3. The van der Waals surface area contributed by atoms with Crippen molar-refractivity contribution in [1.82, 2.24) is 0 Å². The minimum atomic E-state index is -4.32. The molecule has 0 aliphatic carbocycles. The zero-order valence-corrected chi connectivity index (χ0v) is 24.0. The van der Waals surface area contributed by atoms with Gasteiger partial charge in [0.05, 0.1) is 19.6 Å². The van der Waals surface area contributed by atoms with Crippen LogP contribution in [0.15, 0.2) is 50.1 Å². The average Bonchev–Trinajstić information content (AvgIpc) is 3.38. The average molecular weight is 664 g/mol. The van der Waals surface area contributed by atoms with Crippen LogP contribution >= 0.6 is 54.5 Å². The van der Waals surface area contributed by atoms with Crippen LogP contribution < -0.4 is 14.2 Å². The van der Waals surface area contributed by atoms with Crippen molar-refractivity contribution in [3.63, 3.8) is 0 Å². The lowest BCUT2D eigenvalue weighted by Gasteiger charge is -2.19. The van der Waals surface area contributed by atoms with E-state index in [2.05, 4.69) is 31.9 Å². The highest BCUT2D eigenvalue weighted by Crippen LogP contribution is 2.41. The van der Waals surface area contributed by atoms with E-state index in [1.807, 2.05) is 48.2 Å². The number of thiophene rings is 1. The first-order valence-electron chi connectivity index (χ1n) is 10.5. The fourth-order valence-electron chi connectivity index (χ4n) is 3.65. The molecule has 3 aromatic rings. The smallest absolute Gasteiger partial charge is 0.370 e. The first-order chi connectivity index (χ1) is 16.5. The van der Waals surface area contributed by atoms with E-state index in [0.717, 1.165) is 34.1 Å². The number of ether oxygens (including phenoxy) is 1. The van der Waals surface area contributed by atoms with Crippen LogP contribution in [0.2, 0.25) is 0 Å². The summed E-state index contributed by atoms with van der Waals surface area (Å²) in [5.41, 5.74) is 2.53. The molecule has 35 heavy (non-hydrogen) atoms. The third-order valence-electron chi connectivity index (χ3n) is 5.19. The van der Waals surface area contributed by atoms with Gasteiger partial charge < -0.3 is 19.3 Å². The summed E-state index contributed by atoms with van der Waals surface area (Å²) >= 11 is 9.99. The molecule has 0 atom stereocenters. The second-order valence-corrected chi connectivity index (χ2v) is 13.8. The number of hydrogen-bond acceptors (Lipinski definition) is 8. The van der Waals surface area contributed by atoms with E-state index in [4.69, 9.17) is 4.74 Å². The van der Waals surface area contributed by atoms with Crippen molar-refractivity contribution in [3.8, 4) is 5.75 Å². The topological polar surface area (TPSA) is 111 Å². The van der Waals surface area contributed by atoms with E-state index in [-0.39, 0.29) is 19.5 Å². The molecular formula is C22H20Br2N2O6S3. The molecule has 1 aliphatic heterocycles. The Balaban J connectivity index is 1.71. The van der Waals surface area contributed by atoms with Crippen LogP contribution in [0.25, 0.3) is 15.6 Å². The number of carbonyl (C=O) groups is 1. The van der Waals surface area contributed by atoms with Crippen molar-refractivity contribution in [2.45, 2.75) is 26.3 Å². The molecule has 0 saturated carbocycles. The Morgan fingerprint density at radius 3 is 2.74 bits per heavy atom. The highest BCUT2D eigenvalue weighted by atomic mass is 79.9. The molecule has 3 heterocycles. The van der Waals surface area contributed by atoms with Gasteiger partial charge in [-0.15, -0.1) is 11.3 Å². The SMILES string of the molecule is CCC(=Cc1sc2sc(Br)cc2[n+]1CC(=O)O)C=C1Oc2ccc(Br)cc2N1CCCS(=O)(=O)[O-]. The van der Waals surface area contributed by atoms with Gasteiger partial charge in [-0.3, -0.25) is 0 Å². The quantitative estimate of drug-likeness (QED) is 0.243. The Bertz CT molecular complexity index is 1460. The van der Waals surface area contributed by atoms with Gasteiger partial charge in [-0.1, -0.05) is 34.2 Å². The van der Waals surface area contributed by atoms with Gasteiger partial charge in [0.1, 0.15) is 0 Å². The molecule has 1 aliphatic rings. The van der Waals surface area contributed by atoms with Gasteiger partial charge in [0, 0.05) is 35.0 Å². The van der Waals surface area contributed by atoms with E-state index >= 15 is 0 Å². The maximum Gasteiger partial charge on any atom is 0.370 e. The number of nitrogens with zero attached hydrogens (tertiary/aromatic N) is 2. The van der Waals surface area contributed by atoms with Gasteiger partial charge in [-0.25, -0.2) is 13.2 Å². The number of carboxylic acids is 1. The number of anilines is 1. The number of thiazole rings is 1. The molecule has 0 bridgehead atoms. The number of benzene rings is 1. The molecule has 0 radical (unpaired) electrons. The first kappa shape index (κ1) is 26.3. The number of carboxylic acid groups (broad SMARTS) is 1. The zero-order valence-electron chi connectivity index (χ0n) is 18.4. The van der Waals surface area contributed by atoms with Gasteiger partial charge in [0.2, 0.25) is 17.9 Å². The number of rotatable bonds is 9. The standard InChI is InChI=1S/C22H20Br2N2O6S3/c1-2-13(9-20-26(12-21(27)28)16-11-18(24)33-22(16)34-20)8-19-25(6-3-7-35(29,30)31)15-10-14(23)4-5-17(15)32-19/h4-5,8-11H,2-3,6-7,12H2,1H3,(H-,27,28,29,30,31). The maximum absolute atomic E-state index is 11.5. The van der Waals surface area contributed by atoms with Crippen LogP contribution in [-0.2, 0) is 21.5 Å². The van der Waals surface area contributed by atoms with Crippen LogP contribution in [0.1, 0.15) is 24.8 Å². The second kappa shape index (κ2) is 10.7. The van der Waals surface area contributed by atoms with Crippen LogP contribution in [-0.4, -0.2) is 36.3 Å². The summed E-state index contributed by atoms with van der Waals surface area (Å²) in [6.07, 6.45) is 4.62. The molecule has 0 amide bonds. The molecule has 2 aromatic heterocycles.